The van der Waals surface area contributed by atoms with Crippen LogP contribution in [0.5, 0.6) is 11.5 Å². The monoisotopic (exact) mass is 349 g/mol. The Kier molecular flexibility index (Phi) is 5.26. The van der Waals surface area contributed by atoms with Gasteiger partial charge in [-0.1, -0.05) is 0 Å². The highest BCUT2D eigenvalue weighted by Crippen LogP contribution is 2.47. The van der Waals surface area contributed by atoms with Crippen LogP contribution in [0.2, 0.25) is 0 Å². The Morgan fingerprint density at radius 2 is 1.17 bits per heavy atom. The molecule has 2 aromatic rings. The molecule has 0 radical (unpaired) electrons. The van der Waals surface area contributed by atoms with E-state index in [2.05, 4.69) is 4.74 Å². The summed E-state index contributed by atoms with van der Waals surface area (Å²) in [5.41, 5.74) is 0.307. The van der Waals surface area contributed by atoms with Crippen molar-refractivity contribution in [3.8, 4) is 11.5 Å². The van der Waals surface area contributed by atoms with Crippen LogP contribution < -0.4 is 9.05 Å². The second-order valence-electron chi connectivity index (χ2n) is 4.84. The van der Waals surface area contributed by atoms with Gasteiger partial charge in [-0.3, -0.25) is 0 Å². The summed E-state index contributed by atoms with van der Waals surface area (Å²) in [5, 5.41) is 17.8. The Balaban J connectivity index is 2.16. The van der Waals surface area contributed by atoms with Crippen molar-refractivity contribution < 1.29 is 28.8 Å². The third kappa shape index (κ3) is 4.36. The molecule has 0 saturated carbocycles. The molecule has 8 heteroatoms. The van der Waals surface area contributed by atoms with E-state index in [1.807, 2.05) is 0 Å². The van der Waals surface area contributed by atoms with Gasteiger partial charge in [0.15, 0.2) is 0 Å². The maximum Gasteiger partial charge on any atom is 0.335 e. The van der Waals surface area contributed by atoms with Crippen LogP contribution in [0.1, 0.15) is 20.7 Å². The van der Waals surface area contributed by atoms with Gasteiger partial charge in [0.05, 0.1) is 11.1 Å². The van der Waals surface area contributed by atoms with Gasteiger partial charge in [-0.15, -0.1) is 0 Å². The Bertz CT molecular complexity index is 735. The van der Waals surface area contributed by atoms with Crippen molar-refractivity contribution in [1.82, 2.24) is 0 Å². The first-order valence-electron chi connectivity index (χ1n) is 6.87. The highest BCUT2D eigenvalue weighted by molar-refractivity contribution is 7.56. The molecule has 0 amide bonds. The predicted octanol–water partition coefficient (Wildman–Crippen LogP) is 3.83. The van der Waals surface area contributed by atoms with Gasteiger partial charge in [0.2, 0.25) is 0 Å². The molecule has 0 aliphatic heterocycles. The van der Waals surface area contributed by atoms with Gasteiger partial charge < -0.3 is 19.3 Å². The smallest absolute Gasteiger partial charge is 0.335 e. The van der Waals surface area contributed by atoms with E-state index in [9.17, 15) is 9.59 Å². The number of hydrogen-bond donors (Lipinski definition) is 2. The number of carboxylic acids is 2. The van der Waals surface area contributed by atoms with E-state index in [4.69, 9.17) is 19.3 Å². The molecule has 126 valence electrons. The van der Waals surface area contributed by atoms with Crippen molar-refractivity contribution in [2.24, 2.45) is 4.74 Å². The van der Waals surface area contributed by atoms with Crippen molar-refractivity contribution in [2.45, 2.75) is 0 Å². The third-order valence-electron chi connectivity index (χ3n) is 3.12. The van der Waals surface area contributed by atoms with E-state index >= 15 is 0 Å². The maximum atomic E-state index is 10.9. The van der Waals surface area contributed by atoms with Gasteiger partial charge in [-0.2, -0.15) is 0 Å². The summed E-state index contributed by atoms with van der Waals surface area (Å²) in [6.45, 7) is 1.70. The second-order valence-corrected chi connectivity index (χ2v) is 7.22. The Labute approximate surface area is 138 Å². The highest BCUT2D eigenvalue weighted by atomic mass is 31.2. The van der Waals surface area contributed by atoms with Crippen molar-refractivity contribution >= 4 is 19.4 Å². The molecule has 7 nitrogen and oxygen atoms in total. The van der Waals surface area contributed by atoms with E-state index < -0.39 is 19.4 Å². The van der Waals surface area contributed by atoms with Crippen molar-refractivity contribution in [3.05, 3.63) is 59.7 Å². The minimum Gasteiger partial charge on any atom is -0.478 e. The molecule has 0 aliphatic carbocycles. The SMILES string of the molecule is CN=P(C)(Oc1ccc(C(=O)O)cc1)Oc1ccc(C(=O)O)cc1. The molecule has 0 fully saturated rings. The summed E-state index contributed by atoms with van der Waals surface area (Å²) in [5.74, 6) is -1.17. The number of hydrogen-bond acceptors (Lipinski definition) is 5. The van der Waals surface area contributed by atoms with Crippen LogP contribution in [-0.2, 0) is 0 Å². The molecule has 0 aliphatic rings. The van der Waals surface area contributed by atoms with Crippen LogP contribution >= 0.6 is 7.51 Å². The molecule has 0 spiro atoms. The zero-order valence-electron chi connectivity index (χ0n) is 13.0. The zero-order chi connectivity index (χ0) is 17.7. The first-order chi connectivity index (χ1) is 11.3. The van der Waals surface area contributed by atoms with Crippen LogP contribution in [0, 0.1) is 0 Å². The van der Waals surface area contributed by atoms with Gasteiger partial charge in [0.1, 0.15) is 11.5 Å². The van der Waals surface area contributed by atoms with E-state index in [0.717, 1.165) is 0 Å². The first-order valence-corrected chi connectivity index (χ1v) is 8.89. The van der Waals surface area contributed by atoms with Crippen LogP contribution in [0.15, 0.2) is 53.3 Å². The fourth-order valence-corrected chi connectivity index (χ4v) is 3.03. The molecule has 2 rings (SSSR count). The van der Waals surface area contributed by atoms with E-state index in [0.29, 0.717) is 11.5 Å². The van der Waals surface area contributed by atoms with E-state index in [-0.39, 0.29) is 11.1 Å². The van der Waals surface area contributed by atoms with Crippen LogP contribution in [0.25, 0.3) is 0 Å². The van der Waals surface area contributed by atoms with Gasteiger partial charge in [-0.25, -0.2) is 14.3 Å². The lowest BCUT2D eigenvalue weighted by Gasteiger charge is -2.21. The molecule has 0 heterocycles. The lowest BCUT2D eigenvalue weighted by molar-refractivity contribution is 0.0686. The number of nitrogens with zero attached hydrogens (tertiary/aromatic N) is 1. The van der Waals surface area contributed by atoms with Crippen LogP contribution in [-0.4, -0.2) is 35.9 Å². The average molecular weight is 349 g/mol. The maximum absolute atomic E-state index is 10.9. The zero-order valence-corrected chi connectivity index (χ0v) is 13.9. The minimum absolute atomic E-state index is 0.154. The Hall–Kier alpha value is -2.79. The molecule has 0 bridgehead atoms. The highest BCUT2D eigenvalue weighted by Gasteiger charge is 2.18. The predicted molar refractivity (Wildman–Crippen MR) is 89.3 cm³/mol. The molecule has 2 N–H and O–H groups in total. The normalized spacial score (nSPS) is 10.8. The number of benzene rings is 2. The Morgan fingerprint density at radius 1 is 0.833 bits per heavy atom. The van der Waals surface area contributed by atoms with Crippen LogP contribution in [0.3, 0.4) is 0 Å². The summed E-state index contributed by atoms with van der Waals surface area (Å²) in [7, 11) is -1.08. The van der Waals surface area contributed by atoms with E-state index in [1.54, 1.807) is 13.7 Å². The number of aromatic carboxylic acids is 2. The van der Waals surface area contributed by atoms with Gasteiger partial charge in [0, 0.05) is 13.7 Å². The standard InChI is InChI=1S/C16H16NO6P/c1-17-24(2,22-13-7-3-11(4-8-13)15(18)19)23-14-9-5-12(6-10-14)16(20)21/h3-10H,1-2H3,(H,18,19)(H,20,21). The molecular weight excluding hydrogens is 333 g/mol. The number of rotatable bonds is 6. The summed E-state index contributed by atoms with van der Waals surface area (Å²) in [4.78, 5) is 21.7. The molecule has 0 saturated heterocycles. The molecule has 0 atom stereocenters. The fourth-order valence-electron chi connectivity index (χ4n) is 1.81. The van der Waals surface area contributed by atoms with Crippen LogP contribution in [0.4, 0.5) is 0 Å². The summed E-state index contributed by atoms with van der Waals surface area (Å²) >= 11 is 0. The topological polar surface area (TPSA) is 105 Å². The molecule has 0 aromatic heterocycles. The first kappa shape index (κ1) is 17.6. The van der Waals surface area contributed by atoms with Gasteiger partial charge >= 0.3 is 19.4 Å². The molecule has 24 heavy (non-hydrogen) atoms. The molecule has 0 unspecified atom stereocenters. The number of carbonyl (C=O) groups is 2. The van der Waals surface area contributed by atoms with Crippen molar-refractivity contribution in [1.29, 1.82) is 0 Å². The second kappa shape index (κ2) is 7.19. The summed E-state index contributed by atoms with van der Waals surface area (Å²) in [6, 6.07) is 11.8. The van der Waals surface area contributed by atoms with Crippen molar-refractivity contribution in [3.63, 3.8) is 0 Å². The molecular formula is C16H16NO6P. The lowest BCUT2D eigenvalue weighted by Crippen LogP contribution is -2.01. The largest absolute Gasteiger partial charge is 0.478 e. The average Bonchev–Trinajstić information content (AvgIpc) is 2.55. The summed E-state index contributed by atoms with van der Waals surface area (Å²) < 4.78 is 15.7. The number of carboxylic acid groups (broad SMARTS) is 2. The summed E-state index contributed by atoms with van der Waals surface area (Å²) in [6.07, 6.45) is 0. The minimum atomic E-state index is -2.64. The van der Waals surface area contributed by atoms with E-state index in [1.165, 1.54) is 48.5 Å². The fraction of sp³-hybridized carbons (Fsp3) is 0.125. The molecule has 2 aromatic carbocycles. The van der Waals surface area contributed by atoms with Gasteiger partial charge in [0.25, 0.3) is 0 Å². The van der Waals surface area contributed by atoms with Crippen molar-refractivity contribution in [2.75, 3.05) is 13.7 Å². The lowest BCUT2D eigenvalue weighted by atomic mass is 10.2. The van der Waals surface area contributed by atoms with Gasteiger partial charge in [-0.05, 0) is 48.5 Å². The Morgan fingerprint density at radius 3 is 1.42 bits per heavy atom. The third-order valence-corrected chi connectivity index (χ3v) is 4.94. The quantitative estimate of drug-likeness (QED) is 0.768.